The van der Waals surface area contributed by atoms with Crippen molar-refractivity contribution in [3.05, 3.63) is 65.7 Å². The van der Waals surface area contributed by atoms with Crippen molar-refractivity contribution in [2.24, 2.45) is 5.73 Å². The number of nitrogens with two attached hydrogens (primary N) is 1. The number of halogens is 2. The smallest absolute Gasteiger partial charge is 0.247 e. The van der Waals surface area contributed by atoms with E-state index in [9.17, 15) is 18.4 Å². The summed E-state index contributed by atoms with van der Waals surface area (Å²) >= 11 is 0. The molecular weight excluding hydrogens is 340 g/mol. The molecule has 0 aromatic heterocycles. The Morgan fingerprint density at radius 2 is 1.65 bits per heavy atom. The molecule has 0 saturated heterocycles. The number of para-hydroxylation sites is 1. The van der Waals surface area contributed by atoms with Crippen molar-refractivity contribution in [1.82, 2.24) is 4.90 Å². The molecule has 2 rings (SSSR count). The van der Waals surface area contributed by atoms with E-state index < -0.39 is 34.7 Å². The van der Waals surface area contributed by atoms with E-state index in [-0.39, 0.29) is 13.1 Å². The Morgan fingerprint density at radius 3 is 2.19 bits per heavy atom. The van der Waals surface area contributed by atoms with E-state index >= 15 is 0 Å². The fraction of sp³-hybridized carbons (Fsp3) is 0.263. The summed E-state index contributed by atoms with van der Waals surface area (Å²) in [5.74, 6) is -2.95. The zero-order valence-corrected chi connectivity index (χ0v) is 14.6. The second-order valence-electron chi connectivity index (χ2n) is 6.03. The molecule has 2 aromatic rings. The van der Waals surface area contributed by atoms with Crippen LogP contribution in [-0.2, 0) is 15.1 Å². The number of anilines is 1. The first-order chi connectivity index (χ1) is 12.3. The molecule has 1 atom stereocenters. The maximum absolute atomic E-state index is 13.6. The van der Waals surface area contributed by atoms with Crippen LogP contribution in [0.3, 0.4) is 0 Å². The van der Waals surface area contributed by atoms with Crippen molar-refractivity contribution in [1.29, 1.82) is 0 Å². The molecule has 0 fully saturated rings. The standard InChI is InChI=1S/C19H21F2N3O2/c1-3-24(18(26)19(2,22)13-8-5-4-6-9-13)12-16(25)23-17-14(20)10-7-11-15(17)21/h4-11H,3,12,22H2,1-2H3,(H,23,25). The van der Waals surface area contributed by atoms with Crippen molar-refractivity contribution in [2.45, 2.75) is 19.4 Å². The fourth-order valence-electron chi connectivity index (χ4n) is 2.53. The molecule has 2 aromatic carbocycles. The first-order valence-corrected chi connectivity index (χ1v) is 8.15. The molecule has 7 heteroatoms. The van der Waals surface area contributed by atoms with Crippen LogP contribution in [0.2, 0.25) is 0 Å². The number of hydrogen-bond acceptors (Lipinski definition) is 3. The second kappa shape index (κ2) is 8.05. The summed E-state index contributed by atoms with van der Waals surface area (Å²) in [5, 5.41) is 2.17. The number of hydrogen-bond donors (Lipinski definition) is 2. The Hall–Kier alpha value is -2.80. The molecule has 5 nitrogen and oxygen atoms in total. The molecule has 3 N–H and O–H groups in total. The summed E-state index contributed by atoms with van der Waals surface area (Å²) in [6.07, 6.45) is 0. The molecule has 0 aliphatic heterocycles. The second-order valence-corrected chi connectivity index (χ2v) is 6.03. The van der Waals surface area contributed by atoms with Gasteiger partial charge in [0.15, 0.2) is 0 Å². The van der Waals surface area contributed by atoms with Gasteiger partial charge in [0.2, 0.25) is 11.8 Å². The van der Waals surface area contributed by atoms with Crippen molar-refractivity contribution in [3.63, 3.8) is 0 Å². The molecule has 0 spiro atoms. The number of nitrogens with zero attached hydrogens (tertiary/aromatic N) is 1. The Bertz CT molecular complexity index is 774. The van der Waals surface area contributed by atoms with E-state index in [0.717, 1.165) is 12.1 Å². The predicted molar refractivity (Wildman–Crippen MR) is 95.2 cm³/mol. The number of carbonyl (C=O) groups is 2. The van der Waals surface area contributed by atoms with Gasteiger partial charge in [-0.2, -0.15) is 0 Å². The third kappa shape index (κ3) is 4.23. The van der Waals surface area contributed by atoms with Crippen LogP contribution in [0.1, 0.15) is 19.4 Å². The maximum atomic E-state index is 13.6. The minimum Gasteiger partial charge on any atom is -0.332 e. The molecular formula is C19H21F2N3O2. The minimum atomic E-state index is -1.33. The molecule has 0 bridgehead atoms. The predicted octanol–water partition coefficient (Wildman–Crippen LogP) is 2.63. The van der Waals surface area contributed by atoms with Gasteiger partial charge in [0, 0.05) is 6.54 Å². The molecule has 1 unspecified atom stereocenters. The van der Waals surface area contributed by atoms with Gasteiger partial charge in [-0.1, -0.05) is 36.4 Å². The van der Waals surface area contributed by atoms with Gasteiger partial charge in [0.1, 0.15) is 22.9 Å². The maximum Gasteiger partial charge on any atom is 0.247 e. The number of benzene rings is 2. The third-order valence-electron chi connectivity index (χ3n) is 4.05. The zero-order valence-electron chi connectivity index (χ0n) is 14.6. The van der Waals surface area contributed by atoms with Crippen LogP contribution in [-0.4, -0.2) is 29.8 Å². The summed E-state index contributed by atoms with van der Waals surface area (Å²) in [7, 11) is 0. The molecule has 138 valence electrons. The van der Waals surface area contributed by atoms with Gasteiger partial charge >= 0.3 is 0 Å². The van der Waals surface area contributed by atoms with Gasteiger partial charge in [-0.3, -0.25) is 9.59 Å². The van der Waals surface area contributed by atoms with Crippen LogP contribution in [0, 0.1) is 11.6 Å². The highest BCUT2D eigenvalue weighted by atomic mass is 19.1. The van der Waals surface area contributed by atoms with E-state index in [1.807, 2.05) is 0 Å². The van der Waals surface area contributed by atoms with Crippen LogP contribution in [0.4, 0.5) is 14.5 Å². The van der Waals surface area contributed by atoms with Gasteiger partial charge < -0.3 is 16.0 Å². The zero-order chi connectivity index (χ0) is 19.3. The number of likely N-dealkylation sites (N-methyl/N-ethyl adjacent to an activating group) is 1. The monoisotopic (exact) mass is 361 g/mol. The van der Waals surface area contributed by atoms with Crippen molar-refractivity contribution < 1.29 is 18.4 Å². The van der Waals surface area contributed by atoms with Crippen LogP contribution < -0.4 is 11.1 Å². The highest BCUT2D eigenvalue weighted by molar-refractivity contribution is 5.96. The SMILES string of the molecule is CCN(CC(=O)Nc1c(F)cccc1F)C(=O)C(C)(N)c1ccccc1. The van der Waals surface area contributed by atoms with Crippen LogP contribution >= 0.6 is 0 Å². The lowest BCUT2D eigenvalue weighted by Gasteiger charge is -2.31. The highest BCUT2D eigenvalue weighted by Gasteiger charge is 2.34. The molecule has 0 aliphatic carbocycles. The molecule has 0 aliphatic rings. The molecule has 0 heterocycles. The Morgan fingerprint density at radius 1 is 1.08 bits per heavy atom. The highest BCUT2D eigenvalue weighted by Crippen LogP contribution is 2.21. The number of rotatable bonds is 6. The first kappa shape index (κ1) is 19.5. The lowest BCUT2D eigenvalue weighted by Crippen LogP contribution is -2.52. The average Bonchev–Trinajstić information content (AvgIpc) is 2.63. The fourth-order valence-corrected chi connectivity index (χ4v) is 2.53. The van der Waals surface area contributed by atoms with Crippen molar-refractivity contribution >= 4 is 17.5 Å². The molecule has 0 saturated carbocycles. The van der Waals surface area contributed by atoms with Gasteiger partial charge in [0.05, 0.1) is 6.54 Å². The number of amides is 2. The molecule has 26 heavy (non-hydrogen) atoms. The number of nitrogens with one attached hydrogen (secondary N) is 1. The Balaban J connectivity index is 2.13. The van der Waals surface area contributed by atoms with Crippen LogP contribution in [0.15, 0.2) is 48.5 Å². The van der Waals surface area contributed by atoms with Gasteiger partial charge in [-0.05, 0) is 31.5 Å². The van der Waals surface area contributed by atoms with Gasteiger partial charge in [0.25, 0.3) is 0 Å². The lowest BCUT2D eigenvalue weighted by atomic mass is 9.91. The van der Waals surface area contributed by atoms with E-state index in [1.165, 1.54) is 11.0 Å². The summed E-state index contributed by atoms with van der Waals surface area (Å²) in [6.45, 7) is 3.09. The van der Waals surface area contributed by atoms with Gasteiger partial charge in [-0.15, -0.1) is 0 Å². The van der Waals surface area contributed by atoms with E-state index in [0.29, 0.717) is 5.56 Å². The topological polar surface area (TPSA) is 75.4 Å². The summed E-state index contributed by atoms with van der Waals surface area (Å²) in [4.78, 5) is 26.2. The molecule has 2 amide bonds. The minimum absolute atomic E-state index is 0.214. The average molecular weight is 361 g/mol. The summed E-state index contributed by atoms with van der Waals surface area (Å²) < 4.78 is 27.3. The van der Waals surface area contributed by atoms with E-state index in [4.69, 9.17) is 5.73 Å². The van der Waals surface area contributed by atoms with Crippen LogP contribution in [0.25, 0.3) is 0 Å². The lowest BCUT2D eigenvalue weighted by molar-refractivity contribution is -0.139. The van der Waals surface area contributed by atoms with Crippen molar-refractivity contribution in [3.8, 4) is 0 Å². The van der Waals surface area contributed by atoms with Gasteiger partial charge in [-0.25, -0.2) is 8.78 Å². The summed E-state index contributed by atoms with van der Waals surface area (Å²) in [6, 6.07) is 12.0. The van der Waals surface area contributed by atoms with Crippen LogP contribution in [0.5, 0.6) is 0 Å². The third-order valence-corrected chi connectivity index (χ3v) is 4.05. The largest absolute Gasteiger partial charge is 0.332 e. The number of carbonyl (C=O) groups excluding carboxylic acids is 2. The quantitative estimate of drug-likeness (QED) is 0.831. The molecule has 0 radical (unpaired) electrons. The van der Waals surface area contributed by atoms with Crippen molar-refractivity contribution in [2.75, 3.05) is 18.4 Å². The normalized spacial score (nSPS) is 13.0. The summed E-state index contributed by atoms with van der Waals surface area (Å²) in [5.41, 5.74) is 4.92. The first-order valence-electron chi connectivity index (χ1n) is 8.15. The van der Waals surface area contributed by atoms with E-state index in [2.05, 4.69) is 5.32 Å². The Kier molecular flexibility index (Phi) is 6.05. The van der Waals surface area contributed by atoms with E-state index in [1.54, 1.807) is 44.2 Å². The Labute approximate surface area is 150 Å².